The van der Waals surface area contributed by atoms with Gasteiger partial charge in [-0.25, -0.2) is 0 Å². The fourth-order valence-corrected chi connectivity index (χ4v) is 2.97. The molecule has 0 spiro atoms. The van der Waals surface area contributed by atoms with Crippen molar-refractivity contribution >= 4 is 35.0 Å². The maximum Gasteiger partial charge on any atom is 0.277 e. The Kier molecular flexibility index (Phi) is 6.85. The van der Waals surface area contributed by atoms with Crippen LogP contribution in [0.25, 0.3) is 11.5 Å². The number of nitrogens with zero attached hydrogens (tertiary/aromatic N) is 2. The molecule has 0 bridgehead atoms. The van der Waals surface area contributed by atoms with E-state index in [1.165, 1.54) is 6.92 Å². The topological polar surface area (TPSA) is 106 Å². The second-order valence-electron chi connectivity index (χ2n) is 5.93. The van der Waals surface area contributed by atoms with Crippen molar-refractivity contribution in [3.05, 3.63) is 48.5 Å². The molecule has 150 valence electrons. The molecule has 2 amide bonds. The van der Waals surface area contributed by atoms with E-state index in [9.17, 15) is 9.59 Å². The first kappa shape index (κ1) is 20.4. The van der Waals surface area contributed by atoms with E-state index in [4.69, 9.17) is 9.15 Å². The predicted molar refractivity (Wildman–Crippen MR) is 111 cm³/mol. The van der Waals surface area contributed by atoms with Gasteiger partial charge in [-0.3, -0.25) is 9.59 Å². The Balaban J connectivity index is 1.52. The predicted octanol–water partition coefficient (Wildman–Crippen LogP) is 3.82. The second-order valence-corrected chi connectivity index (χ2v) is 6.85. The number of thioether (sulfide) groups is 1. The molecule has 0 aliphatic heterocycles. The number of benzene rings is 2. The Labute approximate surface area is 172 Å². The van der Waals surface area contributed by atoms with Crippen LogP contribution in [-0.2, 0) is 9.59 Å². The molecule has 0 saturated carbocycles. The third-order valence-electron chi connectivity index (χ3n) is 3.63. The van der Waals surface area contributed by atoms with E-state index < -0.39 is 0 Å². The number of carbonyl (C=O) groups excluding carboxylic acids is 2. The first-order valence-electron chi connectivity index (χ1n) is 8.90. The average Bonchev–Trinajstić information content (AvgIpc) is 3.17. The van der Waals surface area contributed by atoms with Gasteiger partial charge in [0.15, 0.2) is 0 Å². The lowest BCUT2D eigenvalue weighted by Crippen LogP contribution is -2.13. The fourth-order valence-electron chi connectivity index (χ4n) is 2.41. The molecule has 3 aromatic rings. The lowest BCUT2D eigenvalue weighted by Gasteiger charge is -2.06. The van der Waals surface area contributed by atoms with Crippen LogP contribution in [0.5, 0.6) is 5.75 Å². The number of rotatable bonds is 8. The van der Waals surface area contributed by atoms with E-state index in [0.29, 0.717) is 29.1 Å². The van der Waals surface area contributed by atoms with Crippen molar-refractivity contribution in [3.63, 3.8) is 0 Å². The van der Waals surface area contributed by atoms with E-state index in [1.54, 1.807) is 48.5 Å². The summed E-state index contributed by atoms with van der Waals surface area (Å²) < 4.78 is 11.0. The van der Waals surface area contributed by atoms with Crippen molar-refractivity contribution in [2.24, 2.45) is 0 Å². The summed E-state index contributed by atoms with van der Waals surface area (Å²) in [7, 11) is 0. The molecule has 0 radical (unpaired) electrons. The summed E-state index contributed by atoms with van der Waals surface area (Å²) in [6.07, 6.45) is 0. The van der Waals surface area contributed by atoms with Gasteiger partial charge in [0.2, 0.25) is 17.7 Å². The largest absolute Gasteiger partial charge is 0.494 e. The van der Waals surface area contributed by atoms with Crippen molar-refractivity contribution in [2.45, 2.75) is 19.1 Å². The Morgan fingerprint density at radius 1 is 1.00 bits per heavy atom. The Morgan fingerprint density at radius 2 is 1.66 bits per heavy atom. The van der Waals surface area contributed by atoms with Crippen molar-refractivity contribution in [1.29, 1.82) is 0 Å². The van der Waals surface area contributed by atoms with Crippen molar-refractivity contribution < 1.29 is 18.7 Å². The van der Waals surface area contributed by atoms with Gasteiger partial charge in [-0.2, -0.15) is 0 Å². The first-order chi connectivity index (χ1) is 14.0. The maximum absolute atomic E-state index is 12.1. The number of hydrogen-bond donors (Lipinski definition) is 2. The lowest BCUT2D eigenvalue weighted by molar-refractivity contribution is -0.114. The van der Waals surface area contributed by atoms with E-state index >= 15 is 0 Å². The molecule has 0 fully saturated rings. The van der Waals surface area contributed by atoms with Gasteiger partial charge in [0.25, 0.3) is 5.22 Å². The number of carbonyl (C=O) groups is 2. The number of aromatic nitrogens is 2. The van der Waals surface area contributed by atoms with Gasteiger partial charge in [-0.15, -0.1) is 10.2 Å². The van der Waals surface area contributed by atoms with Crippen molar-refractivity contribution in [1.82, 2.24) is 10.2 Å². The molecule has 29 heavy (non-hydrogen) atoms. The summed E-state index contributed by atoms with van der Waals surface area (Å²) in [5.74, 6) is 0.907. The van der Waals surface area contributed by atoms with E-state index in [2.05, 4.69) is 20.8 Å². The molecule has 0 unspecified atom stereocenters. The van der Waals surface area contributed by atoms with Crippen molar-refractivity contribution in [3.8, 4) is 17.2 Å². The minimum atomic E-state index is -0.182. The molecule has 0 atom stereocenters. The summed E-state index contributed by atoms with van der Waals surface area (Å²) in [4.78, 5) is 23.2. The maximum atomic E-state index is 12.1. The zero-order chi connectivity index (χ0) is 20.6. The van der Waals surface area contributed by atoms with Gasteiger partial charge >= 0.3 is 0 Å². The Bertz CT molecular complexity index is 971. The molecule has 0 aliphatic carbocycles. The molecule has 2 aromatic carbocycles. The highest BCUT2D eigenvalue weighted by Gasteiger charge is 2.12. The highest BCUT2D eigenvalue weighted by molar-refractivity contribution is 7.99. The summed E-state index contributed by atoms with van der Waals surface area (Å²) in [5, 5.41) is 13.7. The summed E-state index contributed by atoms with van der Waals surface area (Å²) in [5.41, 5.74) is 2.09. The van der Waals surface area contributed by atoms with Gasteiger partial charge in [0.1, 0.15) is 5.75 Å². The molecule has 0 aliphatic rings. The highest BCUT2D eigenvalue weighted by Crippen LogP contribution is 2.24. The number of anilines is 2. The Hall–Kier alpha value is -3.33. The van der Waals surface area contributed by atoms with Crippen LogP contribution >= 0.6 is 11.8 Å². The molecular weight excluding hydrogens is 392 g/mol. The minimum absolute atomic E-state index is 0.135. The van der Waals surface area contributed by atoms with Crippen LogP contribution in [0.15, 0.2) is 58.2 Å². The SMILES string of the molecule is CCOc1ccc(NC(=O)CSc2nnc(-c3ccc(NC(C)=O)cc3)o2)cc1. The van der Waals surface area contributed by atoms with E-state index in [0.717, 1.165) is 23.1 Å². The van der Waals surface area contributed by atoms with Crippen molar-refractivity contribution in [2.75, 3.05) is 23.0 Å². The van der Waals surface area contributed by atoms with Crippen LogP contribution < -0.4 is 15.4 Å². The van der Waals surface area contributed by atoms with E-state index in [-0.39, 0.29) is 17.6 Å². The van der Waals surface area contributed by atoms with E-state index in [1.807, 2.05) is 6.92 Å². The molecule has 1 heterocycles. The molecule has 9 heteroatoms. The van der Waals surface area contributed by atoms with Gasteiger partial charge in [0.05, 0.1) is 12.4 Å². The number of ether oxygens (including phenoxy) is 1. The smallest absolute Gasteiger partial charge is 0.277 e. The first-order valence-corrected chi connectivity index (χ1v) is 9.89. The van der Waals surface area contributed by atoms with Crippen LogP contribution in [0.1, 0.15) is 13.8 Å². The molecule has 0 saturated heterocycles. The fraction of sp³-hybridized carbons (Fsp3) is 0.200. The van der Waals surface area contributed by atoms with Crippen LogP contribution in [-0.4, -0.2) is 34.4 Å². The summed E-state index contributed by atoms with van der Waals surface area (Å²) in [6.45, 7) is 3.95. The van der Waals surface area contributed by atoms with Gasteiger partial charge in [-0.05, 0) is 55.5 Å². The van der Waals surface area contributed by atoms with Gasteiger partial charge < -0.3 is 19.8 Å². The van der Waals surface area contributed by atoms with Crippen LogP contribution in [0.2, 0.25) is 0 Å². The number of nitrogens with one attached hydrogen (secondary N) is 2. The number of hydrogen-bond acceptors (Lipinski definition) is 7. The molecule has 8 nitrogen and oxygen atoms in total. The quantitative estimate of drug-likeness (QED) is 0.542. The Morgan fingerprint density at radius 3 is 2.31 bits per heavy atom. The normalized spacial score (nSPS) is 10.4. The monoisotopic (exact) mass is 412 g/mol. The standard InChI is InChI=1S/C20H20N4O4S/c1-3-27-17-10-8-16(9-11-17)22-18(26)12-29-20-24-23-19(28-20)14-4-6-15(7-5-14)21-13(2)25/h4-11H,3,12H2,1-2H3,(H,21,25)(H,22,26). The van der Waals surface area contributed by atoms with Gasteiger partial charge in [0, 0.05) is 23.9 Å². The van der Waals surface area contributed by atoms with Gasteiger partial charge in [-0.1, -0.05) is 11.8 Å². The third kappa shape index (κ3) is 6.08. The molecule has 3 rings (SSSR count). The zero-order valence-corrected chi connectivity index (χ0v) is 16.8. The lowest BCUT2D eigenvalue weighted by atomic mass is 10.2. The second kappa shape index (κ2) is 9.74. The average molecular weight is 412 g/mol. The zero-order valence-electron chi connectivity index (χ0n) is 16.0. The molecule has 1 aromatic heterocycles. The molecular formula is C20H20N4O4S. The summed E-state index contributed by atoms with van der Waals surface area (Å²) in [6, 6.07) is 14.2. The highest BCUT2D eigenvalue weighted by atomic mass is 32.2. The van der Waals surface area contributed by atoms with Crippen LogP contribution in [0.3, 0.4) is 0 Å². The van der Waals surface area contributed by atoms with Crippen LogP contribution in [0, 0.1) is 0 Å². The minimum Gasteiger partial charge on any atom is -0.494 e. The number of amides is 2. The third-order valence-corrected chi connectivity index (χ3v) is 4.45. The molecule has 2 N–H and O–H groups in total. The van der Waals surface area contributed by atoms with Crippen LogP contribution in [0.4, 0.5) is 11.4 Å². The summed E-state index contributed by atoms with van der Waals surface area (Å²) >= 11 is 1.15.